The molecule has 8 atom stereocenters. The van der Waals surface area contributed by atoms with Gasteiger partial charge in [0, 0.05) is 10.8 Å². The molecule has 0 amide bonds. The lowest BCUT2D eigenvalue weighted by atomic mass is 9.56. The van der Waals surface area contributed by atoms with E-state index in [0.29, 0.717) is 0 Å². The molecular weight excluding hydrogens is 577 g/mol. The van der Waals surface area contributed by atoms with Gasteiger partial charge < -0.3 is 0 Å². The zero-order valence-corrected chi connectivity index (χ0v) is 29.2. The summed E-state index contributed by atoms with van der Waals surface area (Å²) in [5.74, 6) is 7.83. The number of hydrogen-bond acceptors (Lipinski definition) is 0. The minimum Gasteiger partial charge on any atom is -0.0776 e. The maximum absolute atomic E-state index is 2.46. The summed E-state index contributed by atoms with van der Waals surface area (Å²) in [6.07, 6.45) is 13.1. The minimum absolute atomic E-state index is 0. The fourth-order valence-corrected chi connectivity index (χ4v) is 13.1. The Morgan fingerprint density at radius 3 is 1.27 bits per heavy atom. The average molecular weight is 635 g/mol. The van der Waals surface area contributed by atoms with Crippen LogP contribution in [0, 0.1) is 75.0 Å². The van der Waals surface area contributed by atoms with Crippen LogP contribution in [0.4, 0.5) is 0 Å². The predicted octanol–water partition coefficient (Wildman–Crippen LogP) is 12.3. The van der Waals surface area contributed by atoms with E-state index in [4.69, 9.17) is 0 Å². The molecule has 0 radical (unpaired) electrons. The van der Waals surface area contributed by atoms with Gasteiger partial charge in [-0.25, -0.2) is 0 Å². The number of hydrogen-bond donors (Lipinski definition) is 0. The lowest BCUT2D eigenvalue weighted by molar-refractivity contribution is 0.100. The van der Waals surface area contributed by atoms with Gasteiger partial charge in [0.25, 0.3) is 0 Å². The molecule has 0 nitrogen and oxygen atoms in total. The summed E-state index contributed by atoms with van der Waals surface area (Å²) in [6, 6.07) is 37.9. The summed E-state index contributed by atoms with van der Waals surface area (Å²) in [5, 5.41) is 0. The second kappa shape index (κ2) is 12.0. The van der Waals surface area contributed by atoms with Crippen LogP contribution in [-0.2, 0) is 10.8 Å². The molecule has 0 spiro atoms. The maximum Gasteiger partial charge on any atom is 0.0236 e. The molecule has 6 aliphatic rings. The Bertz CT molecular complexity index is 1630. The highest BCUT2D eigenvalue weighted by molar-refractivity contribution is 5.47. The summed E-state index contributed by atoms with van der Waals surface area (Å²) in [4.78, 5) is 0. The van der Waals surface area contributed by atoms with Crippen LogP contribution in [-0.4, -0.2) is 0 Å². The molecule has 6 fully saturated rings. The highest BCUT2D eigenvalue weighted by Crippen LogP contribution is 2.73. The van der Waals surface area contributed by atoms with E-state index in [1.54, 1.807) is 28.7 Å². The van der Waals surface area contributed by atoms with Gasteiger partial charge in [-0.3, -0.25) is 0 Å². The summed E-state index contributed by atoms with van der Waals surface area (Å²) >= 11 is 0. The quantitative estimate of drug-likeness (QED) is 0.196. The summed E-state index contributed by atoms with van der Waals surface area (Å²) in [5.41, 5.74) is 12.3. The molecule has 6 saturated carbocycles. The van der Waals surface area contributed by atoms with E-state index in [1.165, 1.54) is 73.6 Å². The molecule has 10 rings (SSSR count). The third-order valence-corrected chi connectivity index (χ3v) is 14.9. The van der Waals surface area contributed by atoms with Crippen LogP contribution < -0.4 is 0 Å². The van der Waals surface area contributed by atoms with E-state index in [0.717, 1.165) is 47.3 Å². The molecule has 250 valence electrons. The fraction of sp³-hybridized carbons (Fsp3) is 0.500. The van der Waals surface area contributed by atoms with E-state index in [-0.39, 0.29) is 18.3 Å². The van der Waals surface area contributed by atoms with E-state index in [1.807, 2.05) is 0 Å². The SMILES string of the molecule is C.Cc1ccc(C2(c3ccc(C)cc3)CC3CC2C2C4CCC(C4)C32)cc1.Cc1ccc(C2(c3ccc(C)cc3)CC3CCC2C3)cc1. The molecule has 0 aromatic heterocycles. The second-order valence-corrected chi connectivity index (χ2v) is 17.3. The zero-order chi connectivity index (χ0) is 31.9. The Labute approximate surface area is 291 Å². The molecule has 0 heterocycles. The number of aryl methyl sites for hydroxylation is 4. The molecule has 0 saturated heterocycles. The first-order valence-corrected chi connectivity index (χ1v) is 19.1. The van der Waals surface area contributed by atoms with Crippen molar-refractivity contribution in [3.63, 3.8) is 0 Å². The molecule has 8 unspecified atom stereocenters. The van der Waals surface area contributed by atoms with Crippen LogP contribution in [0.25, 0.3) is 0 Å². The van der Waals surface area contributed by atoms with Crippen molar-refractivity contribution in [1.29, 1.82) is 0 Å². The highest BCUT2D eigenvalue weighted by Gasteiger charge is 2.67. The topological polar surface area (TPSA) is 0 Å². The number of fused-ring (bicyclic) bond motifs is 11. The normalized spacial score (nSPS) is 32.4. The minimum atomic E-state index is 0. The van der Waals surface area contributed by atoms with Crippen LogP contribution >= 0.6 is 0 Å². The van der Waals surface area contributed by atoms with Gasteiger partial charge in [0.05, 0.1) is 0 Å². The molecule has 48 heavy (non-hydrogen) atoms. The summed E-state index contributed by atoms with van der Waals surface area (Å²) in [6.45, 7) is 8.80. The van der Waals surface area contributed by atoms with Crippen molar-refractivity contribution in [2.24, 2.45) is 47.3 Å². The lowest BCUT2D eigenvalue weighted by Gasteiger charge is -2.47. The number of rotatable bonds is 4. The van der Waals surface area contributed by atoms with Gasteiger partial charge in [-0.15, -0.1) is 0 Å². The molecule has 0 heteroatoms. The van der Waals surface area contributed by atoms with Crippen LogP contribution in [0.3, 0.4) is 0 Å². The van der Waals surface area contributed by atoms with Crippen molar-refractivity contribution in [3.8, 4) is 0 Å². The molecule has 4 aromatic rings. The van der Waals surface area contributed by atoms with Gasteiger partial charge in [0.1, 0.15) is 0 Å². The summed E-state index contributed by atoms with van der Waals surface area (Å²) in [7, 11) is 0. The Morgan fingerprint density at radius 1 is 0.417 bits per heavy atom. The molecular formula is C48H58. The third-order valence-electron chi connectivity index (χ3n) is 14.9. The third kappa shape index (κ3) is 4.82. The Hall–Kier alpha value is -3.12. The molecule has 6 aliphatic carbocycles. The molecule has 0 aliphatic heterocycles. The smallest absolute Gasteiger partial charge is 0.0236 e. The molecule has 0 N–H and O–H groups in total. The highest BCUT2D eigenvalue weighted by atomic mass is 14.7. The van der Waals surface area contributed by atoms with Gasteiger partial charge >= 0.3 is 0 Å². The first-order valence-electron chi connectivity index (χ1n) is 19.1. The van der Waals surface area contributed by atoms with E-state index in [2.05, 4.69) is 125 Å². The van der Waals surface area contributed by atoms with Crippen molar-refractivity contribution in [3.05, 3.63) is 142 Å². The Balaban J connectivity index is 0.000000140. The van der Waals surface area contributed by atoms with Crippen molar-refractivity contribution in [2.75, 3.05) is 0 Å². The van der Waals surface area contributed by atoms with Crippen LogP contribution in [0.15, 0.2) is 97.1 Å². The first kappa shape index (κ1) is 32.1. The van der Waals surface area contributed by atoms with Crippen molar-refractivity contribution in [2.45, 2.75) is 104 Å². The lowest BCUT2D eigenvalue weighted by Crippen LogP contribution is -2.43. The molecule has 4 aromatic carbocycles. The van der Waals surface area contributed by atoms with E-state index < -0.39 is 0 Å². The Kier molecular flexibility index (Phi) is 8.05. The van der Waals surface area contributed by atoms with Gasteiger partial charge in [0.2, 0.25) is 0 Å². The van der Waals surface area contributed by atoms with Gasteiger partial charge in [0.15, 0.2) is 0 Å². The average Bonchev–Trinajstić information content (AvgIpc) is 3.95. The zero-order valence-electron chi connectivity index (χ0n) is 29.2. The first-order chi connectivity index (χ1) is 22.8. The Morgan fingerprint density at radius 2 is 0.854 bits per heavy atom. The predicted molar refractivity (Wildman–Crippen MR) is 202 cm³/mol. The molecule has 6 bridgehead atoms. The van der Waals surface area contributed by atoms with Crippen molar-refractivity contribution >= 4 is 0 Å². The largest absolute Gasteiger partial charge is 0.0776 e. The maximum atomic E-state index is 2.46. The summed E-state index contributed by atoms with van der Waals surface area (Å²) < 4.78 is 0. The number of benzene rings is 4. The monoisotopic (exact) mass is 634 g/mol. The standard InChI is InChI=1S/C26H30.C21H24.CH4/c1-16-3-9-21(10-4-16)26(22-11-5-17(2)6-12-22)15-20-14-23(26)25-19-8-7-18(13-19)24(20)25;1-15-3-8-18(9-4-15)21(14-17-7-12-20(21)13-17)19-10-5-16(2)6-11-19;/h3-6,9-12,18-20,23-25H,7-8,13-15H2,1-2H3;3-6,8-11,17,20H,7,12-14H2,1-2H3;1H4. The van der Waals surface area contributed by atoms with Crippen molar-refractivity contribution in [1.82, 2.24) is 0 Å². The van der Waals surface area contributed by atoms with Crippen LogP contribution in [0.5, 0.6) is 0 Å². The van der Waals surface area contributed by atoms with E-state index >= 15 is 0 Å². The van der Waals surface area contributed by atoms with Crippen molar-refractivity contribution < 1.29 is 0 Å². The van der Waals surface area contributed by atoms with Crippen LogP contribution in [0.1, 0.15) is 110 Å². The van der Waals surface area contributed by atoms with E-state index in [9.17, 15) is 0 Å². The van der Waals surface area contributed by atoms with Gasteiger partial charge in [-0.1, -0.05) is 133 Å². The van der Waals surface area contributed by atoms with Gasteiger partial charge in [-0.05, 0) is 149 Å². The fourth-order valence-electron chi connectivity index (χ4n) is 13.1. The van der Waals surface area contributed by atoms with Gasteiger partial charge in [-0.2, -0.15) is 0 Å². The van der Waals surface area contributed by atoms with Crippen LogP contribution in [0.2, 0.25) is 0 Å². The second-order valence-electron chi connectivity index (χ2n) is 17.3.